The van der Waals surface area contributed by atoms with Gasteiger partial charge in [0.05, 0.1) is 11.1 Å². The summed E-state index contributed by atoms with van der Waals surface area (Å²) >= 11 is 3.29. The molecule has 102 valence electrons. The fraction of sp³-hybridized carbons (Fsp3) is 0.385. The highest BCUT2D eigenvalue weighted by Crippen LogP contribution is 2.37. The van der Waals surface area contributed by atoms with Gasteiger partial charge in [0.25, 0.3) is 0 Å². The van der Waals surface area contributed by atoms with E-state index in [1.165, 1.54) is 0 Å². The van der Waals surface area contributed by atoms with Crippen LogP contribution in [0.5, 0.6) is 11.5 Å². The predicted molar refractivity (Wildman–Crippen MR) is 80.6 cm³/mol. The maximum atomic E-state index is 9.79. The second kappa shape index (κ2) is 7.67. The van der Waals surface area contributed by atoms with Crippen molar-refractivity contribution < 1.29 is 9.84 Å². The monoisotopic (exact) mass is 335 g/mol. The van der Waals surface area contributed by atoms with E-state index in [1.807, 2.05) is 19.9 Å². The zero-order valence-electron chi connectivity index (χ0n) is 10.6. The number of aromatic hydroxyl groups is 1. The number of ether oxygens (including phenoxy) is 1. The van der Waals surface area contributed by atoms with E-state index in [2.05, 4.69) is 22.5 Å². The van der Waals surface area contributed by atoms with Crippen molar-refractivity contribution >= 4 is 28.3 Å². The van der Waals surface area contributed by atoms with Crippen molar-refractivity contribution in [2.24, 2.45) is 5.73 Å². The molecule has 0 saturated heterocycles. The van der Waals surface area contributed by atoms with Gasteiger partial charge in [-0.05, 0) is 53.9 Å². The number of hydrogen-bond acceptors (Lipinski definition) is 3. The molecule has 18 heavy (non-hydrogen) atoms. The third-order valence-corrected chi connectivity index (χ3v) is 2.95. The summed E-state index contributed by atoms with van der Waals surface area (Å²) < 4.78 is 5.95. The van der Waals surface area contributed by atoms with Crippen molar-refractivity contribution in [3.8, 4) is 11.5 Å². The Morgan fingerprint density at radius 3 is 2.67 bits per heavy atom. The zero-order chi connectivity index (χ0) is 13.0. The van der Waals surface area contributed by atoms with Crippen molar-refractivity contribution in [1.29, 1.82) is 0 Å². The first-order valence-electron chi connectivity index (χ1n) is 5.50. The summed E-state index contributed by atoms with van der Waals surface area (Å²) in [5.41, 5.74) is 8.01. The molecule has 0 aromatic heterocycles. The Kier molecular flexibility index (Phi) is 7.36. The highest BCUT2D eigenvalue weighted by molar-refractivity contribution is 9.10. The molecule has 3 N–H and O–H groups in total. The van der Waals surface area contributed by atoms with E-state index in [4.69, 9.17) is 10.5 Å². The molecule has 0 fully saturated rings. The predicted octanol–water partition coefficient (Wildman–Crippen LogP) is 3.94. The van der Waals surface area contributed by atoms with Crippen LogP contribution in [0.15, 0.2) is 28.8 Å². The molecule has 0 radical (unpaired) electrons. The minimum Gasteiger partial charge on any atom is -0.503 e. The molecule has 1 rings (SSSR count). The third kappa shape index (κ3) is 4.52. The Morgan fingerprint density at radius 2 is 2.17 bits per heavy atom. The van der Waals surface area contributed by atoms with Gasteiger partial charge in [0.2, 0.25) is 0 Å². The second-order valence-electron chi connectivity index (χ2n) is 4.05. The van der Waals surface area contributed by atoms with Crippen LogP contribution in [0.25, 0.3) is 0 Å². The van der Waals surface area contributed by atoms with Crippen molar-refractivity contribution in [3.05, 3.63) is 34.3 Å². The Bertz CT molecular complexity index is 424. The minimum atomic E-state index is -0.136. The summed E-state index contributed by atoms with van der Waals surface area (Å²) in [4.78, 5) is 0. The van der Waals surface area contributed by atoms with E-state index in [1.54, 1.807) is 6.07 Å². The molecule has 0 amide bonds. The van der Waals surface area contributed by atoms with Gasteiger partial charge in [-0.2, -0.15) is 0 Å². The number of phenolic OH excluding ortho intramolecular Hbond substituents is 1. The standard InChI is InChI=1S/C13H18BrNO2.ClH/c1-4-17-12-7-9(6-10(14)13(12)16)11(15)5-8(2)3;/h6-7,11,16H,2,4-5,15H2,1,3H3;1H/t11-;/m0./s1. The molecule has 1 atom stereocenters. The fourth-order valence-corrected chi connectivity index (χ4v) is 2.03. The first-order valence-corrected chi connectivity index (χ1v) is 6.30. The zero-order valence-corrected chi connectivity index (χ0v) is 13.0. The average Bonchev–Trinajstić information content (AvgIpc) is 2.23. The number of benzene rings is 1. The van der Waals surface area contributed by atoms with Crippen LogP contribution >= 0.6 is 28.3 Å². The number of halogens is 2. The van der Waals surface area contributed by atoms with Crippen LogP contribution in [0.3, 0.4) is 0 Å². The lowest BCUT2D eigenvalue weighted by atomic mass is 10.0. The average molecular weight is 337 g/mol. The molecule has 0 heterocycles. The van der Waals surface area contributed by atoms with Gasteiger partial charge in [-0.25, -0.2) is 0 Å². The molecule has 1 aromatic rings. The fourth-order valence-electron chi connectivity index (χ4n) is 1.57. The third-order valence-electron chi connectivity index (χ3n) is 2.35. The summed E-state index contributed by atoms with van der Waals surface area (Å²) in [6.07, 6.45) is 0.711. The molecule has 0 bridgehead atoms. The largest absolute Gasteiger partial charge is 0.503 e. The Balaban J connectivity index is 0.00000289. The van der Waals surface area contributed by atoms with Gasteiger partial charge in [0.15, 0.2) is 11.5 Å². The minimum absolute atomic E-state index is 0. The topological polar surface area (TPSA) is 55.5 Å². The molecule has 0 aliphatic heterocycles. The lowest BCUT2D eigenvalue weighted by molar-refractivity contribution is 0.316. The number of rotatable bonds is 5. The van der Waals surface area contributed by atoms with Gasteiger partial charge in [-0.15, -0.1) is 19.0 Å². The van der Waals surface area contributed by atoms with E-state index in [0.29, 0.717) is 23.2 Å². The van der Waals surface area contributed by atoms with Gasteiger partial charge >= 0.3 is 0 Å². The van der Waals surface area contributed by atoms with Gasteiger partial charge < -0.3 is 15.6 Å². The molecule has 0 aliphatic carbocycles. The lowest BCUT2D eigenvalue weighted by Gasteiger charge is -2.15. The van der Waals surface area contributed by atoms with E-state index in [9.17, 15) is 5.11 Å². The molecular weight excluding hydrogens is 318 g/mol. The Morgan fingerprint density at radius 1 is 1.56 bits per heavy atom. The lowest BCUT2D eigenvalue weighted by Crippen LogP contribution is -2.10. The van der Waals surface area contributed by atoms with Gasteiger partial charge in [-0.1, -0.05) is 5.57 Å². The van der Waals surface area contributed by atoms with Gasteiger partial charge in [0, 0.05) is 6.04 Å². The second-order valence-corrected chi connectivity index (χ2v) is 4.90. The highest BCUT2D eigenvalue weighted by atomic mass is 79.9. The summed E-state index contributed by atoms with van der Waals surface area (Å²) in [6.45, 7) is 8.16. The van der Waals surface area contributed by atoms with Crippen LogP contribution in [-0.2, 0) is 0 Å². The first-order chi connectivity index (χ1) is 7.95. The molecule has 5 heteroatoms. The van der Waals surface area contributed by atoms with Crippen molar-refractivity contribution in [1.82, 2.24) is 0 Å². The van der Waals surface area contributed by atoms with E-state index in [0.717, 1.165) is 11.1 Å². The molecule has 3 nitrogen and oxygen atoms in total. The Hall–Kier alpha value is -0.710. The number of hydrogen-bond donors (Lipinski definition) is 2. The summed E-state index contributed by atoms with van der Waals surface area (Å²) in [5.74, 6) is 0.562. The van der Waals surface area contributed by atoms with Crippen LogP contribution in [0.1, 0.15) is 31.9 Å². The molecule has 0 aliphatic rings. The van der Waals surface area contributed by atoms with Crippen molar-refractivity contribution in [2.75, 3.05) is 6.61 Å². The SMILES string of the molecule is C=C(C)C[C@H](N)c1cc(Br)c(O)c(OCC)c1.Cl. The molecule has 0 saturated carbocycles. The van der Waals surface area contributed by atoms with Crippen LogP contribution in [0.4, 0.5) is 0 Å². The maximum Gasteiger partial charge on any atom is 0.172 e. The molecular formula is C13H19BrClNO2. The van der Waals surface area contributed by atoms with Crippen molar-refractivity contribution in [2.45, 2.75) is 26.3 Å². The van der Waals surface area contributed by atoms with Gasteiger partial charge in [0.1, 0.15) is 0 Å². The van der Waals surface area contributed by atoms with Crippen LogP contribution < -0.4 is 10.5 Å². The van der Waals surface area contributed by atoms with Gasteiger partial charge in [-0.3, -0.25) is 0 Å². The first kappa shape index (κ1) is 17.3. The van der Waals surface area contributed by atoms with E-state index >= 15 is 0 Å². The quantitative estimate of drug-likeness (QED) is 0.801. The van der Waals surface area contributed by atoms with Crippen LogP contribution in [0.2, 0.25) is 0 Å². The maximum absolute atomic E-state index is 9.79. The summed E-state index contributed by atoms with van der Waals surface area (Å²) in [7, 11) is 0. The molecule has 0 spiro atoms. The van der Waals surface area contributed by atoms with Crippen LogP contribution in [0, 0.1) is 0 Å². The highest BCUT2D eigenvalue weighted by Gasteiger charge is 2.13. The molecule has 0 unspecified atom stereocenters. The summed E-state index contributed by atoms with van der Waals surface area (Å²) in [6, 6.07) is 3.45. The normalized spacial score (nSPS) is 11.6. The smallest absolute Gasteiger partial charge is 0.172 e. The summed E-state index contributed by atoms with van der Waals surface area (Å²) in [5, 5.41) is 9.79. The van der Waals surface area contributed by atoms with E-state index < -0.39 is 0 Å². The molecule has 1 aromatic carbocycles. The van der Waals surface area contributed by atoms with E-state index in [-0.39, 0.29) is 24.2 Å². The Labute approximate surface area is 123 Å². The number of nitrogens with two attached hydrogens (primary N) is 1. The van der Waals surface area contributed by atoms with Crippen molar-refractivity contribution in [3.63, 3.8) is 0 Å². The van der Waals surface area contributed by atoms with Crippen LogP contribution in [-0.4, -0.2) is 11.7 Å². The number of phenols is 1.